The Morgan fingerprint density at radius 1 is 1.04 bits per heavy atom. The van der Waals surface area contributed by atoms with E-state index in [9.17, 15) is 27.6 Å². The quantitative estimate of drug-likeness (QED) is 0.191. The molecule has 1 N–H and O–H groups in total. The fraction of sp³-hybridized carbons (Fsp3) is 0.523. The molecule has 4 fully saturated rings. The number of Topliss-reactive ketones (excluding diaryl/α,β-unsaturated/α-hetero) is 1. The zero-order chi connectivity index (χ0) is 40.7. The number of ketones is 1. The van der Waals surface area contributed by atoms with Gasteiger partial charge in [0.25, 0.3) is 0 Å². The number of benzene rings is 2. The maximum Gasteiger partial charge on any atom is 0.240 e. The van der Waals surface area contributed by atoms with E-state index in [2.05, 4.69) is 11.3 Å². The first-order valence-electron chi connectivity index (χ1n) is 20.1. The van der Waals surface area contributed by atoms with Crippen molar-refractivity contribution in [3.8, 4) is 22.8 Å². The molecule has 4 aliphatic rings. The Balaban J connectivity index is 1.21. The average Bonchev–Trinajstić information content (AvgIpc) is 4.13. The third-order valence-electron chi connectivity index (χ3n) is 12.2. The first-order chi connectivity index (χ1) is 27.1. The van der Waals surface area contributed by atoms with Crippen molar-refractivity contribution < 1.29 is 37.1 Å². The van der Waals surface area contributed by atoms with Crippen molar-refractivity contribution in [3.05, 3.63) is 67.3 Å². The molecule has 3 aromatic rings. The number of pyridine rings is 1. The first kappa shape index (κ1) is 40.4. The summed E-state index contributed by atoms with van der Waals surface area (Å²) in [5, 5.41) is 0.118. The van der Waals surface area contributed by atoms with E-state index in [1.807, 2.05) is 80.3 Å². The molecule has 5 atom stereocenters. The maximum atomic E-state index is 14.9. The Bertz CT molecular complexity index is 2160. The topological polar surface area (TPSA) is 152 Å². The third kappa shape index (κ3) is 8.59. The number of sulfonamides is 1. The van der Waals surface area contributed by atoms with E-state index in [1.165, 1.54) is 0 Å². The number of aromatic nitrogens is 1. The van der Waals surface area contributed by atoms with Crippen LogP contribution in [0.2, 0.25) is 0 Å². The number of rotatable bonds is 14. The van der Waals surface area contributed by atoms with Crippen molar-refractivity contribution in [2.24, 2.45) is 22.7 Å². The highest BCUT2D eigenvalue weighted by Gasteiger charge is 2.61. The number of amides is 3. The zero-order valence-corrected chi connectivity index (χ0v) is 34.2. The SMILES string of the molecule is C=C[C@@H]1C[C@]1(CC(=O)[C@@H]1C[C@H](Oc2cc(-c3ccccc3)nc3cc(OC)ccc23)CN1C(=O)[C@@H](CC(=O)N1CCCCC1)C(C)(C)C)C(=O)NS(=O)(=O)C1CC1. The third-order valence-corrected chi connectivity index (χ3v) is 14.1. The Labute approximate surface area is 335 Å². The van der Waals surface area contributed by atoms with Crippen molar-refractivity contribution in [3.63, 3.8) is 0 Å². The van der Waals surface area contributed by atoms with Gasteiger partial charge in [0.15, 0.2) is 5.78 Å². The molecule has 13 heteroatoms. The Morgan fingerprint density at radius 2 is 1.75 bits per heavy atom. The monoisotopic (exact) mass is 798 g/mol. The highest BCUT2D eigenvalue weighted by atomic mass is 32.2. The smallest absolute Gasteiger partial charge is 0.240 e. The lowest BCUT2D eigenvalue weighted by Crippen LogP contribution is -2.49. The Morgan fingerprint density at radius 3 is 2.39 bits per heavy atom. The number of hydrogen-bond acceptors (Lipinski definition) is 9. The predicted molar refractivity (Wildman–Crippen MR) is 217 cm³/mol. The summed E-state index contributed by atoms with van der Waals surface area (Å²) in [6.07, 6.45) is 5.01. The van der Waals surface area contributed by atoms with Gasteiger partial charge in [-0.1, -0.05) is 57.2 Å². The van der Waals surface area contributed by atoms with Gasteiger partial charge in [-0.05, 0) is 62.0 Å². The second-order valence-corrected chi connectivity index (χ2v) is 19.3. The fourth-order valence-corrected chi connectivity index (χ4v) is 9.87. The summed E-state index contributed by atoms with van der Waals surface area (Å²) in [4.78, 5) is 65.2. The van der Waals surface area contributed by atoms with Gasteiger partial charge in [0.05, 0.1) is 47.5 Å². The summed E-state index contributed by atoms with van der Waals surface area (Å²) in [7, 11) is -2.27. The Hall–Kier alpha value is -4.78. The number of nitrogens with one attached hydrogen (secondary N) is 1. The van der Waals surface area contributed by atoms with Gasteiger partial charge in [-0.15, -0.1) is 6.58 Å². The van der Waals surface area contributed by atoms with E-state index in [1.54, 1.807) is 18.1 Å². The van der Waals surface area contributed by atoms with Gasteiger partial charge >= 0.3 is 0 Å². The van der Waals surface area contributed by atoms with Gasteiger partial charge in [0.2, 0.25) is 27.7 Å². The molecule has 0 spiro atoms. The van der Waals surface area contributed by atoms with Crippen molar-refractivity contribution in [2.45, 2.75) is 96.0 Å². The molecular formula is C44H54N4O8S. The molecule has 12 nitrogen and oxygen atoms in total. The van der Waals surface area contributed by atoms with Crippen LogP contribution in [0, 0.1) is 22.7 Å². The summed E-state index contributed by atoms with van der Waals surface area (Å²) in [5.74, 6) is -1.44. The minimum Gasteiger partial charge on any atom is -0.497 e. The largest absolute Gasteiger partial charge is 0.497 e. The molecular weight excluding hydrogens is 745 g/mol. The van der Waals surface area contributed by atoms with Crippen molar-refractivity contribution in [1.29, 1.82) is 0 Å². The van der Waals surface area contributed by atoms with E-state index in [-0.39, 0.29) is 49.8 Å². The van der Waals surface area contributed by atoms with Crippen LogP contribution in [0.4, 0.5) is 0 Å². The van der Waals surface area contributed by atoms with Gasteiger partial charge in [0.1, 0.15) is 17.6 Å². The molecule has 0 radical (unpaired) electrons. The highest BCUT2D eigenvalue weighted by molar-refractivity contribution is 7.90. The number of fused-ring (bicyclic) bond motifs is 1. The number of nitrogens with zero attached hydrogens (tertiary/aromatic N) is 3. The standard InChI is InChI=1S/C44H54N4O8S/c1-6-29-25-44(29,42(52)46-57(53,54)32-16-17-32)26-38(49)37-22-31(27-48(37)41(51)34(43(2,3)4)23-40(50)47-19-11-8-12-20-47)56-39-24-35(28-13-9-7-10-14-28)45-36-21-30(55-5)15-18-33(36)39/h6-7,9-10,13-15,18,21,24,29,31-32,34,37H,1,8,11-12,16-17,19-20,22-23,25-27H2,2-5H3,(H,46,52)/t29-,31+,34-,37+,44-/m1/s1. The van der Waals surface area contributed by atoms with Crippen molar-refractivity contribution in [2.75, 3.05) is 26.7 Å². The van der Waals surface area contributed by atoms with Crippen LogP contribution < -0.4 is 14.2 Å². The van der Waals surface area contributed by atoms with Gasteiger partial charge in [-0.25, -0.2) is 13.4 Å². The summed E-state index contributed by atoms with van der Waals surface area (Å²) in [6, 6.07) is 16.1. The predicted octanol–water partition coefficient (Wildman–Crippen LogP) is 6.08. The molecule has 2 saturated heterocycles. The van der Waals surface area contributed by atoms with Crippen LogP contribution in [0.3, 0.4) is 0 Å². The average molecular weight is 799 g/mol. The summed E-state index contributed by atoms with van der Waals surface area (Å²) in [5.41, 5.74) is 0.289. The maximum absolute atomic E-state index is 14.9. The number of allylic oxidation sites excluding steroid dienone is 1. The van der Waals surface area contributed by atoms with Crippen LogP contribution in [-0.2, 0) is 29.2 Å². The minimum atomic E-state index is -3.86. The van der Waals surface area contributed by atoms with Crippen LogP contribution in [-0.4, -0.2) is 90.8 Å². The number of ether oxygens (including phenoxy) is 2. The second-order valence-electron chi connectivity index (χ2n) is 17.3. The summed E-state index contributed by atoms with van der Waals surface area (Å²) in [6.45, 7) is 11.0. The molecule has 2 aliphatic carbocycles. The lowest BCUT2D eigenvalue weighted by molar-refractivity contribution is -0.148. The summed E-state index contributed by atoms with van der Waals surface area (Å²) >= 11 is 0. The number of carbonyl (C=O) groups is 4. The van der Waals surface area contributed by atoms with E-state index >= 15 is 0 Å². The van der Waals surface area contributed by atoms with E-state index in [0.717, 1.165) is 30.2 Å². The first-order valence-corrected chi connectivity index (χ1v) is 21.7. The zero-order valence-electron chi connectivity index (χ0n) is 33.4. The molecule has 304 valence electrons. The van der Waals surface area contributed by atoms with E-state index in [4.69, 9.17) is 14.5 Å². The highest BCUT2D eigenvalue weighted by Crippen LogP contribution is 2.57. The number of carbonyl (C=O) groups excluding carboxylic acids is 4. The van der Waals surface area contributed by atoms with Gasteiger partial charge in [-0.3, -0.25) is 23.9 Å². The van der Waals surface area contributed by atoms with Crippen molar-refractivity contribution in [1.82, 2.24) is 19.5 Å². The minimum absolute atomic E-state index is 0.00639. The fourth-order valence-electron chi connectivity index (χ4n) is 8.49. The molecule has 3 amide bonds. The molecule has 7 rings (SSSR count). The van der Waals surface area contributed by atoms with Crippen LogP contribution in [0.25, 0.3) is 22.2 Å². The number of likely N-dealkylation sites (tertiary alicyclic amines) is 2. The van der Waals surface area contributed by atoms with Crippen molar-refractivity contribution >= 4 is 44.4 Å². The van der Waals surface area contributed by atoms with Crippen LogP contribution in [0.5, 0.6) is 11.5 Å². The number of hydrogen-bond donors (Lipinski definition) is 1. The lowest BCUT2D eigenvalue weighted by Gasteiger charge is -2.36. The molecule has 1 aromatic heterocycles. The lowest BCUT2D eigenvalue weighted by atomic mass is 9.77. The molecule has 0 bridgehead atoms. The van der Waals surface area contributed by atoms with E-state index in [0.29, 0.717) is 48.6 Å². The van der Waals surface area contributed by atoms with Crippen LogP contribution in [0.1, 0.15) is 78.6 Å². The van der Waals surface area contributed by atoms with Gasteiger partial charge < -0.3 is 19.3 Å². The number of methoxy groups -OCH3 is 1. The Kier molecular flexibility index (Phi) is 11.3. The van der Waals surface area contributed by atoms with Crippen LogP contribution >= 0.6 is 0 Å². The summed E-state index contributed by atoms with van der Waals surface area (Å²) < 4.78 is 40.2. The molecule has 57 heavy (non-hydrogen) atoms. The normalized spacial score (nSPS) is 24.1. The second kappa shape index (κ2) is 15.9. The molecule has 2 aliphatic heterocycles. The van der Waals surface area contributed by atoms with Gasteiger partial charge in [0, 0.05) is 55.4 Å². The van der Waals surface area contributed by atoms with Crippen LogP contribution in [0.15, 0.2) is 67.3 Å². The van der Waals surface area contributed by atoms with Gasteiger partial charge in [-0.2, -0.15) is 0 Å². The molecule has 2 saturated carbocycles. The molecule has 3 heterocycles. The van der Waals surface area contributed by atoms with E-state index < -0.39 is 56.0 Å². The molecule has 0 unspecified atom stereocenters. The molecule has 2 aromatic carbocycles. The number of piperidine rings is 1.